The average Bonchev–Trinajstić information content (AvgIpc) is 2.31. The van der Waals surface area contributed by atoms with Crippen molar-refractivity contribution in [3.63, 3.8) is 0 Å². The first-order valence-electron chi connectivity index (χ1n) is 5.24. The number of hydrogen-bond acceptors (Lipinski definition) is 2. The van der Waals surface area contributed by atoms with Crippen molar-refractivity contribution in [3.05, 3.63) is 60.7 Å². The van der Waals surface area contributed by atoms with E-state index in [0.29, 0.717) is 12.2 Å². The molecule has 84 valence electrons. The lowest BCUT2D eigenvalue weighted by molar-refractivity contribution is -0.138. The Kier molecular flexibility index (Phi) is 4.52. The molecule has 2 heteroatoms. The summed E-state index contributed by atoms with van der Waals surface area (Å²) >= 11 is 0. The minimum atomic E-state index is -0.365. The smallest absolute Gasteiger partial charge is 0.334 e. The van der Waals surface area contributed by atoms with Crippen LogP contribution in [0.5, 0.6) is 0 Å². The molecule has 0 saturated carbocycles. The van der Waals surface area contributed by atoms with Gasteiger partial charge in [-0.25, -0.2) is 4.79 Å². The summed E-state index contributed by atoms with van der Waals surface area (Å²) in [7, 11) is 0. The van der Waals surface area contributed by atoms with Crippen molar-refractivity contribution in [2.75, 3.05) is 6.61 Å². The van der Waals surface area contributed by atoms with Crippen molar-refractivity contribution >= 4 is 5.97 Å². The molecule has 1 unspecified atom stereocenters. The minimum Gasteiger partial charge on any atom is -0.463 e. The highest BCUT2D eigenvalue weighted by Crippen LogP contribution is 2.24. The van der Waals surface area contributed by atoms with Crippen LogP contribution < -0.4 is 0 Å². The van der Waals surface area contributed by atoms with Crippen LogP contribution in [-0.2, 0) is 9.53 Å². The van der Waals surface area contributed by atoms with Crippen molar-refractivity contribution in [1.29, 1.82) is 0 Å². The first-order valence-corrected chi connectivity index (χ1v) is 5.24. The molecule has 0 aliphatic carbocycles. The molecule has 0 saturated heterocycles. The summed E-state index contributed by atoms with van der Waals surface area (Å²) in [5.74, 6) is -0.545. The number of benzene rings is 1. The van der Waals surface area contributed by atoms with Crippen LogP contribution in [0.25, 0.3) is 0 Å². The summed E-state index contributed by atoms with van der Waals surface area (Å²) in [4.78, 5) is 11.5. The van der Waals surface area contributed by atoms with Gasteiger partial charge in [-0.05, 0) is 12.5 Å². The van der Waals surface area contributed by atoms with Gasteiger partial charge in [0.25, 0.3) is 0 Å². The van der Waals surface area contributed by atoms with Crippen molar-refractivity contribution in [1.82, 2.24) is 0 Å². The van der Waals surface area contributed by atoms with E-state index < -0.39 is 0 Å². The number of ether oxygens (including phenoxy) is 1. The maximum atomic E-state index is 11.5. The van der Waals surface area contributed by atoms with E-state index in [0.717, 1.165) is 5.56 Å². The van der Waals surface area contributed by atoms with E-state index in [4.69, 9.17) is 4.74 Å². The zero-order valence-corrected chi connectivity index (χ0v) is 9.48. The Bertz CT molecular complexity index is 379. The Morgan fingerprint density at radius 1 is 1.44 bits per heavy atom. The molecule has 2 nitrogen and oxygen atoms in total. The van der Waals surface area contributed by atoms with Crippen molar-refractivity contribution in [2.45, 2.75) is 12.8 Å². The minimum absolute atomic E-state index is 0.180. The van der Waals surface area contributed by atoms with Crippen molar-refractivity contribution in [3.8, 4) is 0 Å². The molecule has 0 bridgehead atoms. The van der Waals surface area contributed by atoms with Gasteiger partial charge in [0, 0.05) is 11.5 Å². The molecular formula is C14H16O2. The molecule has 1 aromatic carbocycles. The molecule has 0 spiro atoms. The number of rotatable bonds is 5. The molecule has 1 aromatic rings. The Morgan fingerprint density at radius 2 is 2.06 bits per heavy atom. The SMILES string of the molecule is C=CC(C(=C)C(=O)OCC)c1ccccc1. The van der Waals surface area contributed by atoms with E-state index in [-0.39, 0.29) is 11.9 Å². The quantitative estimate of drug-likeness (QED) is 0.429. The molecule has 1 atom stereocenters. The number of carbonyl (C=O) groups is 1. The van der Waals surface area contributed by atoms with Gasteiger partial charge in [-0.15, -0.1) is 6.58 Å². The first-order chi connectivity index (χ1) is 7.70. The molecule has 0 aliphatic rings. The monoisotopic (exact) mass is 216 g/mol. The van der Waals surface area contributed by atoms with E-state index in [1.165, 1.54) is 0 Å². The summed E-state index contributed by atoms with van der Waals surface area (Å²) in [6, 6.07) is 9.65. The largest absolute Gasteiger partial charge is 0.463 e. The van der Waals surface area contributed by atoms with Crippen LogP contribution in [0.15, 0.2) is 55.1 Å². The highest BCUT2D eigenvalue weighted by molar-refractivity contribution is 5.90. The Hall–Kier alpha value is -1.83. The lowest BCUT2D eigenvalue weighted by Gasteiger charge is -2.14. The van der Waals surface area contributed by atoms with Gasteiger partial charge in [0.05, 0.1) is 6.61 Å². The molecule has 0 aromatic heterocycles. The fourth-order valence-electron chi connectivity index (χ4n) is 1.49. The van der Waals surface area contributed by atoms with Crippen molar-refractivity contribution < 1.29 is 9.53 Å². The van der Waals surface area contributed by atoms with E-state index in [9.17, 15) is 4.79 Å². The zero-order chi connectivity index (χ0) is 12.0. The highest BCUT2D eigenvalue weighted by Gasteiger charge is 2.18. The predicted octanol–water partition coefficient (Wildman–Crippen LogP) is 3.08. The molecular weight excluding hydrogens is 200 g/mol. The lowest BCUT2D eigenvalue weighted by atomic mass is 9.92. The maximum absolute atomic E-state index is 11.5. The molecule has 0 radical (unpaired) electrons. The fourth-order valence-corrected chi connectivity index (χ4v) is 1.49. The van der Waals surface area contributed by atoms with Gasteiger partial charge >= 0.3 is 5.97 Å². The Labute approximate surface area is 96.2 Å². The number of allylic oxidation sites excluding steroid dienone is 1. The number of hydrogen-bond donors (Lipinski definition) is 0. The van der Waals surface area contributed by atoms with Crippen LogP contribution >= 0.6 is 0 Å². The Morgan fingerprint density at radius 3 is 2.56 bits per heavy atom. The molecule has 0 aliphatic heterocycles. The summed E-state index contributed by atoms with van der Waals surface area (Å²) in [5, 5.41) is 0. The fraction of sp³-hybridized carbons (Fsp3) is 0.214. The van der Waals surface area contributed by atoms with E-state index >= 15 is 0 Å². The summed E-state index contributed by atoms with van der Waals surface area (Å²) in [6.07, 6.45) is 1.70. The first kappa shape index (κ1) is 12.2. The van der Waals surface area contributed by atoms with E-state index in [2.05, 4.69) is 13.2 Å². The maximum Gasteiger partial charge on any atom is 0.334 e. The van der Waals surface area contributed by atoms with Crippen LogP contribution in [0.1, 0.15) is 18.4 Å². The van der Waals surface area contributed by atoms with Crippen LogP contribution in [-0.4, -0.2) is 12.6 Å². The van der Waals surface area contributed by atoms with Gasteiger partial charge in [0.15, 0.2) is 0 Å². The summed E-state index contributed by atoms with van der Waals surface area (Å²) < 4.78 is 4.92. The third-order valence-electron chi connectivity index (χ3n) is 2.31. The summed E-state index contributed by atoms with van der Waals surface area (Å²) in [6.45, 7) is 9.64. The van der Waals surface area contributed by atoms with Gasteiger partial charge < -0.3 is 4.74 Å². The third kappa shape index (κ3) is 2.83. The van der Waals surface area contributed by atoms with Gasteiger partial charge in [-0.1, -0.05) is 43.0 Å². The second kappa shape index (κ2) is 5.91. The average molecular weight is 216 g/mol. The molecule has 16 heavy (non-hydrogen) atoms. The lowest BCUT2D eigenvalue weighted by Crippen LogP contribution is -2.12. The Balaban J connectivity index is 2.87. The molecule has 0 amide bonds. The van der Waals surface area contributed by atoms with Crippen LogP contribution in [0, 0.1) is 0 Å². The van der Waals surface area contributed by atoms with Gasteiger partial charge in [-0.3, -0.25) is 0 Å². The van der Waals surface area contributed by atoms with Crippen LogP contribution in [0.4, 0.5) is 0 Å². The zero-order valence-electron chi connectivity index (χ0n) is 9.48. The van der Waals surface area contributed by atoms with Gasteiger partial charge in [0.2, 0.25) is 0 Å². The third-order valence-corrected chi connectivity index (χ3v) is 2.31. The molecule has 1 rings (SSSR count). The van der Waals surface area contributed by atoms with Crippen molar-refractivity contribution in [2.24, 2.45) is 0 Å². The van der Waals surface area contributed by atoms with E-state index in [1.54, 1.807) is 13.0 Å². The topological polar surface area (TPSA) is 26.3 Å². The normalized spacial score (nSPS) is 11.6. The molecule has 0 heterocycles. The second-order valence-electron chi connectivity index (χ2n) is 3.37. The number of carbonyl (C=O) groups excluding carboxylic acids is 1. The molecule has 0 fully saturated rings. The highest BCUT2D eigenvalue weighted by atomic mass is 16.5. The van der Waals surface area contributed by atoms with E-state index in [1.807, 2.05) is 30.3 Å². The van der Waals surface area contributed by atoms with Gasteiger partial charge in [0.1, 0.15) is 0 Å². The molecule has 0 N–H and O–H groups in total. The standard InChI is InChI=1S/C14H16O2/c1-4-13(11(3)14(15)16-5-2)12-9-7-6-8-10-12/h4,6-10,13H,1,3,5H2,2H3. The van der Waals surface area contributed by atoms with Crippen LogP contribution in [0.2, 0.25) is 0 Å². The van der Waals surface area contributed by atoms with Crippen LogP contribution in [0.3, 0.4) is 0 Å². The number of esters is 1. The second-order valence-corrected chi connectivity index (χ2v) is 3.37. The predicted molar refractivity (Wildman–Crippen MR) is 65.2 cm³/mol. The summed E-state index contributed by atoms with van der Waals surface area (Å²) in [5.41, 5.74) is 1.42. The van der Waals surface area contributed by atoms with Gasteiger partial charge in [-0.2, -0.15) is 0 Å².